The average Bonchev–Trinajstić information content (AvgIpc) is 2.41. The maximum absolute atomic E-state index is 12.1. The van der Waals surface area contributed by atoms with E-state index in [0.717, 1.165) is 0 Å². The van der Waals surface area contributed by atoms with Crippen molar-refractivity contribution < 1.29 is 4.79 Å². The molecule has 7 heteroatoms. The lowest BCUT2D eigenvalue weighted by atomic mass is 10.2. The number of aromatic nitrogens is 1. The average molecular weight is 375 g/mol. The molecule has 20 heavy (non-hydrogen) atoms. The Labute approximate surface area is 134 Å². The summed E-state index contributed by atoms with van der Waals surface area (Å²) in [6.45, 7) is 0. The van der Waals surface area contributed by atoms with Crippen LogP contribution in [0.4, 0.5) is 11.5 Å². The van der Waals surface area contributed by atoms with E-state index in [4.69, 9.17) is 23.2 Å². The number of hydrogen-bond donors (Lipinski definition) is 2. The fraction of sp³-hybridized carbons (Fsp3) is 0.0769. The topological polar surface area (TPSA) is 54.0 Å². The standard InChI is InChI=1S/C13H10BrCl2N3O/c1-17-12-10(16)4-7(6-18-12)13(20)19-11-3-2-8(15)5-9(11)14/h2-6H,1H3,(H,17,18)(H,19,20). The molecular formula is C13H10BrCl2N3O. The van der Waals surface area contributed by atoms with Gasteiger partial charge in [0.05, 0.1) is 16.3 Å². The number of pyridine rings is 1. The molecule has 1 aromatic carbocycles. The van der Waals surface area contributed by atoms with Gasteiger partial charge in [-0.15, -0.1) is 0 Å². The summed E-state index contributed by atoms with van der Waals surface area (Å²) in [6, 6.07) is 6.66. The summed E-state index contributed by atoms with van der Waals surface area (Å²) in [4.78, 5) is 16.2. The molecule has 0 saturated carbocycles. The molecule has 0 unspecified atom stereocenters. The number of rotatable bonds is 3. The van der Waals surface area contributed by atoms with Gasteiger partial charge in [-0.05, 0) is 40.2 Å². The van der Waals surface area contributed by atoms with E-state index in [0.29, 0.717) is 31.6 Å². The molecule has 0 atom stereocenters. The van der Waals surface area contributed by atoms with Gasteiger partial charge in [-0.2, -0.15) is 0 Å². The van der Waals surface area contributed by atoms with Crippen LogP contribution in [0.2, 0.25) is 10.0 Å². The van der Waals surface area contributed by atoms with Crippen molar-refractivity contribution in [1.29, 1.82) is 0 Å². The van der Waals surface area contributed by atoms with E-state index < -0.39 is 0 Å². The third-order valence-corrected chi connectivity index (χ3v) is 3.70. The van der Waals surface area contributed by atoms with Crippen molar-refractivity contribution in [2.45, 2.75) is 0 Å². The minimum absolute atomic E-state index is 0.301. The number of hydrogen-bond acceptors (Lipinski definition) is 3. The van der Waals surface area contributed by atoms with Crippen molar-refractivity contribution >= 4 is 56.5 Å². The van der Waals surface area contributed by atoms with Crippen LogP contribution in [0, 0.1) is 0 Å². The van der Waals surface area contributed by atoms with Crippen LogP contribution >= 0.6 is 39.1 Å². The van der Waals surface area contributed by atoms with Crippen LogP contribution in [0.3, 0.4) is 0 Å². The van der Waals surface area contributed by atoms with Crippen molar-refractivity contribution in [1.82, 2.24) is 4.98 Å². The largest absolute Gasteiger partial charge is 0.372 e. The van der Waals surface area contributed by atoms with E-state index >= 15 is 0 Å². The lowest BCUT2D eigenvalue weighted by Gasteiger charge is -2.09. The number of carbonyl (C=O) groups excluding carboxylic acids is 1. The van der Waals surface area contributed by atoms with Gasteiger partial charge in [0.15, 0.2) is 0 Å². The first-order valence-corrected chi connectivity index (χ1v) is 7.16. The second-order valence-corrected chi connectivity index (χ2v) is 5.58. The van der Waals surface area contributed by atoms with Crippen LogP contribution in [0.5, 0.6) is 0 Å². The molecular weight excluding hydrogens is 365 g/mol. The number of nitrogens with zero attached hydrogens (tertiary/aromatic N) is 1. The molecule has 0 aliphatic heterocycles. The highest BCUT2D eigenvalue weighted by atomic mass is 79.9. The van der Waals surface area contributed by atoms with E-state index in [9.17, 15) is 4.79 Å². The molecule has 0 bridgehead atoms. The normalized spacial score (nSPS) is 10.2. The number of amides is 1. The summed E-state index contributed by atoms with van der Waals surface area (Å²) in [7, 11) is 1.71. The van der Waals surface area contributed by atoms with Crippen LogP contribution in [-0.4, -0.2) is 17.9 Å². The highest BCUT2D eigenvalue weighted by molar-refractivity contribution is 9.10. The van der Waals surface area contributed by atoms with Gasteiger partial charge >= 0.3 is 0 Å². The lowest BCUT2D eigenvalue weighted by Crippen LogP contribution is -2.13. The number of nitrogens with one attached hydrogen (secondary N) is 2. The first kappa shape index (κ1) is 15.1. The van der Waals surface area contributed by atoms with Gasteiger partial charge in [-0.1, -0.05) is 23.2 Å². The molecule has 1 aromatic heterocycles. The van der Waals surface area contributed by atoms with Crippen molar-refractivity contribution in [2.75, 3.05) is 17.7 Å². The van der Waals surface area contributed by atoms with E-state index in [1.807, 2.05) is 0 Å². The Kier molecular flexibility index (Phi) is 4.86. The summed E-state index contributed by atoms with van der Waals surface area (Å²) in [6.07, 6.45) is 1.46. The van der Waals surface area contributed by atoms with Crippen molar-refractivity contribution in [3.63, 3.8) is 0 Å². The van der Waals surface area contributed by atoms with Gasteiger partial charge in [-0.3, -0.25) is 4.79 Å². The summed E-state index contributed by atoms with van der Waals surface area (Å²) >= 11 is 15.2. The van der Waals surface area contributed by atoms with E-state index in [2.05, 4.69) is 31.5 Å². The summed E-state index contributed by atoms with van der Waals surface area (Å²) in [5.74, 6) is 0.223. The molecule has 0 saturated heterocycles. The highest BCUT2D eigenvalue weighted by Crippen LogP contribution is 2.27. The van der Waals surface area contributed by atoms with E-state index in [-0.39, 0.29) is 5.91 Å². The Balaban J connectivity index is 2.21. The van der Waals surface area contributed by atoms with Crippen molar-refractivity contribution in [3.05, 3.63) is 50.5 Å². The Morgan fingerprint density at radius 3 is 2.65 bits per heavy atom. The molecule has 0 fully saturated rings. The molecule has 4 nitrogen and oxygen atoms in total. The van der Waals surface area contributed by atoms with Crippen molar-refractivity contribution in [2.24, 2.45) is 0 Å². The number of benzene rings is 1. The molecule has 1 amide bonds. The molecule has 2 N–H and O–H groups in total. The Morgan fingerprint density at radius 1 is 1.30 bits per heavy atom. The maximum atomic E-state index is 12.1. The van der Waals surface area contributed by atoms with Gasteiger partial charge < -0.3 is 10.6 Å². The van der Waals surface area contributed by atoms with Crippen LogP contribution in [-0.2, 0) is 0 Å². The molecule has 0 aliphatic carbocycles. The second kappa shape index (κ2) is 6.43. The monoisotopic (exact) mass is 373 g/mol. The molecule has 0 aliphatic rings. The predicted octanol–water partition coefficient (Wildman–Crippen LogP) is 4.44. The molecule has 104 valence electrons. The molecule has 0 spiro atoms. The minimum atomic E-state index is -0.301. The van der Waals surface area contributed by atoms with Gasteiger partial charge in [0.1, 0.15) is 5.82 Å². The zero-order chi connectivity index (χ0) is 14.7. The van der Waals surface area contributed by atoms with Crippen LogP contribution in [0.15, 0.2) is 34.9 Å². The SMILES string of the molecule is CNc1ncc(C(=O)Nc2ccc(Cl)cc2Br)cc1Cl. The van der Waals surface area contributed by atoms with Gasteiger partial charge in [-0.25, -0.2) is 4.98 Å². The Morgan fingerprint density at radius 2 is 2.05 bits per heavy atom. The van der Waals surface area contributed by atoms with Crippen molar-refractivity contribution in [3.8, 4) is 0 Å². The first-order chi connectivity index (χ1) is 9.51. The quantitative estimate of drug-likeness (QED) is 0.834. The van der Waals surface area contributed by atoms with E-state index in [1.54, 1.807) is 31.3 Å². The van der Waals surface area contributed by atoms with E-state index in [1.165, 1.54) is 6.20 Å². The second-order valence-electron chi connectivity index (χ2n) is 3.88. The summed E-state index contributed by atoms with van der Waals surface area (Å²) in [5, 5.41) is 6.55. The minimum Gasteiger partial charge on any atom is -0.372 e. The lowest BCUT2D eigenvalue weighted by molar-refractivity contribution is 0.102. The molecule has 2 rings (SSSR count). The maximum Gasteiger partial charge on any atom is 0.257 e. The fourth-order valence-electron chi connectivity index (χ4n) is 1.53. The number of halogens is 3. The highest BCUT2D eigenvalue weighted by Gasteiger charge is 2.11. The smallest absolute Gasteiger partial charge is 0.257 e. The predicted molar refractivity (Wildman–Crippen MR) is 85.9 cm³/mol. The van der Waals surface area contributed by atoms with Gasteiger partial charge in [0, 0.05) is 22.7 Å². The number of carbonyl (C=O) groups is 1. The summed E-state index contributed by atoms with van der Waals surface area (Å²) in [5.41, 5.74) is 0.990. The van der Waals surface area contributed by atoms with Crippen LogP contribution in [0.1, 0.15) is 10.4 Å². The fourth-order valence-corrected chi connectivity index (χ4v) is 2.57. The summed E-state index contributed by atoms with van der Waals surface area (Å²) < 4.78 is 0.698. The zero-order valence-electron chi connectivity index (χ0n) is 10.4. The van der Waals surface area contributed by atoms with Crippen LogP contribution in [0.25, 0.3) is 0 Å². The Hall–Kier alpha value is -1.30. The number of anilines is 2. The molecule has 0 radical (unpaired) electrons. The van der Waals surface area contributed by atoms with Gasteiger partial charge in [0.2, 0.25) is 0 Å². The van der Waals surface area contributed by atoms with Gasteiger partial charge in [0.25, 0.3) is 5.91 Å². The first-order valence-electron chi connectivity index (χ1n) is 5.61. The third-order valence-electron chi connectivity index (χ3n) is 2.52. The zero-order valence-corrected chi connectivity index (χ0v) is 13.5. The van der Waals surface area contributed by atoms with Crippen LogP contribution < -0.4 is 10.6 Å². The molecule has 2 aromatic rings. The third kappa shape index (κ3) is 3.42. The molecule has 1 heterocycles. The Bertz CT molecular complexity index is 664.